The Bertz CT molecular complexity index is 441. The molecule has 1 aromatic heterocycles. The van der Waals surface area contributed by atoms with Crippen molar-refractivity contribution in [2.75, 3.05) is 6.54 Å². The molecule has 18 heavy (non-hydrogen) atoms. The molecule has 0 bridgehead atoms. The number of carbonyl (C=O) groups is 1. The summed E-state index contributed by atoms with van der Waals surface area (Å²) in [6, 6.07) is -0.243. The maximum Gasteiger partial charge on any atom is 0.237 e. The average Bonchev–Trinajstić information content (AvgIpc) is 3.13. The zero-order chi connectivity index (χ0) is 12.5. The van der Waals surface area contributed by atoms with Crippen LogP contribution in [0.5, 0.6) is 0 Å². The number of aliphatic hydroxyl groups excluding tert-OH is 1. The van der Waals surface area contributed by atoms with Gasteiger partial charge in [-0.05, 0) is 18.8 Å². The molecule has 1 amide bonds. The van der Waals surface area contributed by atoms with Crippen molar-refractivity contribution < 1.29 is 9.90 Å². The van der Waals surface area contributed by atoms with Gasteiger partial charge in [0.05, 0.1) is 29.9 Å². The zero-order valence-electron chi connectivity index (χ0n) is 10.1. The van der Waals surface area contributed by atoms with E-state index in [0.29, 0.717) is 25.4 Å². The average molecular weight is 250 g/mol. The van der Waals surface area contributed by atoms with Crippen LogP contribution in [0.15, 0.2) is 6.33 Å². The molecule has 1 saturated carbocycles. The third kappa shape index (κ3) is 2.39. The van der Waals surface area contributed by atoms with Gasteiger partial charge in [-0.25, -0.2) is 4.98 Å². The van der Waals surface area contributed by atoms with Gasteiger partial charge in [0.1, 0.15) is 0 Å². The number of hydrogen-bond donors (Lipinski definition) is 4. The highest BCUT2D eigenvalue weighted by Gasteiger charge is 2.31. The fourth-order valence-corrected chi connectivity index (χ4v) is 2.33. The van der Waals surface area contributed by atoms with Crippen LogP contribution >= 0.6 is 0 Å². The van der Waals surface area contributed by atoms with Crippen LogP contribution < -0.4 is 10.6 Å². The molecule has 0 radical (unpaired) electrons. The number of imidazole rings is 1. The second-order valence-corrected chi connectivity index (χ2v) is 5.12. The first-order valence-electron chi connectivity index (χ1n) is 6.44. The summed E-state index contributed by atoms with van der Waals surface area (Å²) in [5.41, 5.74) is 2.01. The summed E-state index contributed by atoms with van der Waals surface area (Å²) < 4.78 is 0. The highest BCUT2D eigenvalue weighted by molar-refractivity contribution is 5.82. The smallest absolute Gasteiger partial charge is 0.237 e. The first kappa shape index (κ1) is 11.7. The van der Waals surface area contributed by atoms with Crippen molar-refractivity contribution in [3.63, 3.8) is 0 Å². The lowest BCUT2D eigenvalue weighted by molar-refractivity contribution is -0.123. The van der Waals surface area contributed by atoms with Crippen molar-refractivity contribution in [2.24, 2.45) is 5.92 Å². The minimum Gasteiger partial charge on any atom is -0.391 e. The molecule has 98 valence electrons. The summed E-state index contributed by atoms with van der Waals surface area (Å²) in [6.07, 6.45) is 4.02. The van der Waals surface area contributed by atoms with Gasteiger partial charge in [0.15, 0.2) is 0 Å². The Morgan fingerprint density at radius 2 is 2.44 bits per heavy atom. The number of hydrogen-bond acceptors (Lipinski definition) is 4. The van der Waals surface area contributed by atoms with E-state index in [1.165, 1.54) is 0 Å². The first-order chi connectivity index (χ1) is 8.74. The van der Waals surface area contributed by atoms with E-state index in [4.69, 9.17) is 0 Å². The second-order valence-electron chi connectivity index (χ2n) is 5.12. The van der Waals surface area contributed by atoms with Crippen molar-refractivity contribution >= 4 is 5.91 Å². The Morgan fingerprint density at radius 3 is 3.22 bits per heavy atom. The van der Waals surface area contributed by atoms with Gasteiger partial charge in [-0.1, -0.05) is 0 Å². The maximum absolute atomic E-state index is 12.0. The Labute approximate surface area is 105 Å². The molecule has 4 N–H and O–H groups in total. The number of rotatable bonds is 4. The highest BCUT2D eigenvalue weighted by Crippen LogP contribution is 2.32. The van der Waals surface area contributed by atoms with E-state index in [2.05, 4.69) is 20.6 Å². The zero-order valence-corrected chi connectivity index (χ0v) is 10.1. The Morgan fingerprint density at radius 1 is 1.61 bits per heavy atom. The van der Waals surface area contributed by atoms with E-state index in [1.54, 1.807) is 6.33 Å². The van der Waals surface area contributed by atoms with Gasteiger partial charge < -0.3 is 15.4 Å². The molecule has 0 spiro atoms. The van der Waals surface area contributed by atoms with Crippen molar-refractivity contribution in [1.29, 1.82) is 0 Å². The molecule has 6 nitrogen and oxygen atoms in total. The molecule has 2 unspecified atom stereocenters. The number of aromatic nitrogens is 2. The molecule has 0 aromatic carbocycles. The minimum atomic E-state index is -0.390. The summed E-state index contributed by atoms with van der Waals surface area (Å²) >= 11 is 0. The van der Waals surface area contributed by atoms with Gasteiger partial charge in [0.2, 0.25) is 5.91 Å². The van der Waals surface area contributed by atoms with E-state index < -0.39 is 6.10 Å². The number of amides is 1. The van der Waals surface area contributed by atoms with E-state index in [0.717, 1.165) is 24.2 Å². The maximum atomic E-state index is 12.0. The molecule has 1 fully saturated rings. The molecule has 6 heteroatoms. The molecule has 2 aliphatic rings. The SMILES string of the molecule is O=C(NCC(O)C1CC1)C1Cc2nc[nH]c2CN1. The van der Waals surface area contributed by atoms with Crippen LogP contribution in [0.2, 0.25) is 0 Å². The molecular weight excluding hydrogens is 232 g/mol. The predicted octanol–water partition coefficient (Wildman–Crippen LogP) is -0.689. The van der Waals surface area contributed by atoms with E-state index in [-0.39, 0.29) is 11.9 Å². The van der Waals surface area contributed by atoms with Crippen LogP contribution in [-0.2, 0) is 17.8 Å². The highest BCUT2D eigenvalue weighted by atomic mass is 16.3. The van der Waals surface area contributed by atoms with Crippen LogP contribution in [0.25, 0.3) is 0 Å². The van der Waals surface area contributed by atoms with Gasteiger partial charge in [0, 0.05) is 19.5 Å². The van der Waals surface area contributed by atoms with Gasteiger partial charge in [0.25, 0.3) is 0 Å². The Kier molecular flexibility index (Phi) is 3.05. The second kappa shape index (κ2) is 4.70. The largest absolute Gasteiger partial charge is 0.391 e. The number of nitrogens with one attached hydrogen (secondary N) is 3. The van der Waals surface area contributed by atoms with Crippen molar-refractivity contribution in [3.8, 4) is 0 Å². The fraction of sp³-hybridized carbons (Fsp3) is 0.667. The number of aromatic amines is 1. The minimum absolute atomic E-state index is 0.0525. The Hall–Kier alpha value is -1.40. The van der Waals surface area contributed by atoms with Crippen molar-refractivity contribution in [2.45, 2.75) is 38.0 Å². The van der Waals surface area contributed by atoms with Gasteiger partial charge >= 0.3 is 0 Å². The number of fused-ring (bicyclic) bond motifs is 1. The van der Waals surface area contributed by atoms with Crippen LogP contribution in [0.1, 0.15) is 24.2 Å². The van der Waals surface area contributed by atoms with Crippen molar-refractivity contribution in [3.05, 3.63) is 17.7 Å². The number of aliphatic hydroxyl groups is 1. The van der Waals surface area contributed by atoms with Gasteiger partial charge in [-0.3, -0.25) is 10.1 Å². The summed E-state index contributed by atoms with van der Waals surface area (Å²) in [5, 5.41) is 15.7. The number of carbonyl (C=O) groups excluding carboxylic acids is 1. The summed E-state index contributed by atoms with van der Waals surface area (Å²) in [6.45, 7) is 0.994. The molecule has 0 saturated heterocycles. The summed E-state index contributed by atoms with van der Waals surface area (Å²) in [4.78, 5) is 19.2. The first-order valence-corrected chi connectivity index (χ1v) is 6.44. The lowest BCUT2D eigenvalue weighted by Crippen LogP contribution is -2.49. The lowest BCUT2D eigenvalue weighted by Gasteiger charge is -2.22. The van der Waals surface area contributed by atoms with Crippen molar-refractivity contribution in [1.82, 2.24) is 20.6 Å². The quantitative estimate of drug-likeness (QED) is 0.569. The predicted molar refractivity (Wildman–Crippen MR) is 64.7 cm³/mol. The number of nitrogens with zero attached hydrogens (tertiary/aromatic N) is 1. The number of H-pyrrole nitrogens is 1. The molecule has 1 aromatic rings. The van der Waals surface area contributed by atoms with E-state index in [9.17, 15) is 9.90 Å². The van der Waals surface area contributed by atoms with Gasteiger partial charge in [-0.15, -0.1) is 0 Å². The van der Waals surface area contributed by atoms with Crippen LogP contribution in [0.4, 0.5) is 0 Å². The van der Waals surface area contributed by atoms with Crippen LogP contribution in [0, 0.1) is 5.92 Å². The lowest BCUT2D eigenvalue weighted by atomic mass is 10.0. The van der Waals surface area contributed by atoms with Crippen LogP contribution in [0.3, 0.4) is 0 Å². The normalized spacial score (nSPS) is 24.4. The monoisotopic (exact) mass is 250 g/mol. The topological polar surface area (TPSA) is 90.0 Å². The molecular formula is C12H18N4O2. The fourth-order valence-electron chi connectivity index (χ4n) is 2.33. The van der Waals surface area contributed by atoms with E-state index in [1.807, 2.05) is 0 Å². The summed E-state index contributed by atoms with van der Waals surface area (Å²) in [5.74, 6) is 0.339. The third-order valence-electron chi connectivity index (χ3n) is 3.70. The third-order valence-corrected chi connectivity index (χ3v) is 3.70. The molecule has 2 atom stereocenters. The molecule has 1 aliphatic heterocycles. The molecule has 3 rings (SSSR count). The molecule has 1 aliphatic carbocycles. The standard InChI is InChI=1S/C12H18N4O2/c17-11(7-1-2-7)5-14-12(18)9-3-8-10(4-13-9)16-6-15-8/h6-7,9,11,13,17H,1-5H2,(H,14,18)(H,15,16). The van der Waals surface area contributed by atoms with Gasteiger partial charge in [-0.2, -0.15) is 0 Å². The summed E-state index contributed by atoms with van der Waals surface area (Å²) in [7, 11) is 0. The van der Waals surface area contributed by atoms with E-state index >= 15 is 0 Å². The van der Waals surface area contributed by atoms with Crippen LogP contribution in [-0.4, -0.2) is 39.7 Å². The Balaban J connectivity index is 1.51. The molecule has 2 heterocycles.